The predicted molar refractivity (Wildman–Crippen MR) is 107 cm³/mol. The Hall–Kier alpha value is -3.88. The summed E-state index contributed by atoms with van der Waals surface area (Å²) in [6.45, 7) is 1.57. The number of rotatable bonds is 7. The average Bonchev–Trinajstić information content (AvgIpc) is 3.06. The Bertz CT molecular complexity index is 940. The first-order valence-corrected chi connectivity index (χ1v) is 9.20. The van der Waals surface area contributed by atoms with Gasteiger partial charge in [-0.1, -0.05) is 12.1 Å². The van der Waals surface area contributed by atoms with Gasteiger partial charge in [0.2, 0.25) is 5.91 Å². The van der Waals surface area contributed by atoms with Crippen molar-refractivity contribution in [2.45, 2.75) is 19.6 Å². The number of urea groups is 1. The highest BCUT2D eigenvalue weighted by Gasteiger charge is 2.28. The number of carbonyl (C=O) groups is 4. The number of benzene rings is 2. The zero-order chi connectivity index (χ0) is 21.7. The van der Waals surface area contributed by atoms with Crippen LogP contribution < -0.4 is 15.4 Å². The molecule has 0 spiro atoms. The summed E-state index contributed by atoms with van der Waals surface area (Å²) in [4.78, 5) is 48.9. The van der Waals surface area contributed by atoms with Gasteiger partial charge in [-0.15, -0.1) is 0 Å². The second-order valence-electron chi connectivity index (χ2n) is 6.60. The summed E-state index contributed by atoms with van der Waals surface area (Å²) < 4.78 is 10.3. The van der Waals surface area contributed by atoms with Crippen LogP contribution in [0.15, 0.2) is 48.5 Å². The highest BCUT2D eigenvalue weighted by Crippen LogP contribution is 2.16. The van der Waals surface area contributed by atoms with Gasteiger partial charge >= 0.3 is 12.0 Å². The molecule has 1 saturated heterocycles. The highest BCUT2D eigenvalue weighted by atomic mass is 16.5. The molecule has 0 unspecified atom stereocenters. The molecule has 0 saturated carbocycles. The smallest absolute Gasteiger partial charge is 0.338 e. The molecule has 156 valence electrons. The molecular weight excluding hydrogens is 390 g/mol. The zero-order valence-electron chi connectivity index (χ0n) is 16.5. The Balaban J connectivity index is 1.54. The minimum atomic E-state index is -1.01. The molecule has 0 radical (unpaired) electrons. The molecule has 4 amide bonds. The van der Waals surface area contributed by atoms with E-state index in [0.29, 0.717) is 17.0 Å². The fourth-order valence-electron chi connectivity index (χ4n) is 2.74. The lowest BCUT2D eigenvalue weighted by Crippen LogP contribution is -2.30. The van der Waals surface area contributed by atoms with Crippen LogP contribution in [0.25, 0.3) is 0 Å². The first-order chi connectivity index (χ1) is 14.4. The van der Waals surface area contributed by atoms with Crippen molar-refractivity contribution in [1.29, 1.82) is 0 Å². The van der Waals surface area contributed by atoms with E-state index in [4.69, 9.17) is 9.47 Å². The lowest BCUT2D eigenvalue weighted by molar-refractivity contribution is -0.125. The van der Waals surface area contributed by atoms with Gasteiger partial charge in [-0.05, 0) is 48.9 Å². The minimum absolute atomic E-state index is 0.0142. The van der Waals surface area contributed by atoms with E-state index >= 15 is 0 Å². The van der Waals surface area contributed by atoms with Gasteiger partial charge in [0.15, 0.2) is 6.10 Å². The molecule has 0 aliphatic carbocycles. The number of nitrogens with zero attached hydrogens (tertiary/aromatic N) is 1. The van der Waals surface area contributed by atoms with Crippen molar-refractivity contribution in [2.75, 3.05) is 19.0 Å². The molecule has 1 atom stereocenters. The molecule has 1 aliphatic rings. The molecule has 30 heavy (non-hydrogen) atoms. The van der Waals surface area contributed by atoms with Crippen LogP contribution in [0, 0.1) is 0 Å². The summed E-state index contributed by atoms with van der Waals surface area (Å²) >= 11 is 0. The third kappa shape index (κ3) is 4.93. The van der Waals surface area contributed by atoms with E-state index < -0.39 is 24.0 Å². The van der Waals surface area contributed by atoms with Crippen LogP contribution in [0.1, 0.15) is 22.8 Å². The second kappa shape index (κ2) is 9.08. The molecule has 1 fully saturated rings. The molecule has 9 heteroatoms. The van der Waals surface area contributed by atoms with Crippen molar-refractivity contribution in [2.24, 2.45) is 0 Å². The molecular formula is C21H21N3O6. The van der Waals surface area contributed by atoms with E-state index in [1.54, 1.807) is 43.5 Å². The summed E-state index contributed by atoms with van der Waals surface area (Å²) in [6, 6.07) is 12.6. The van der Waals surface area contributed by atoms with Crippen LogP contribution >= 0.6 is 0 Å². The van der Waals surface area contributed by atoms with Crippen LogP contribution in [-0.2, 0) is 20.9 Å². The van der Waals surface area contributed by atoms with E-state index in [1.165, 1.54) is 19.1 Å². The Morgan fingerprint density at radius 1 is 1.10 bits per heavy atom. The Kier molecular flexibility index (Phi) is 6.31. The van der Waals surface area contributed by atoms with Crippen LogP contribution in [-0.4, -0.2) is 48.5 Å². The number of anilines is 1. The maximum Gasteiger partial charge on any atom is 0.338 e. The lowest BCUT2D eigenvalue weighted by atomic mass is 10.1. The minimum Gasteiger partial charge on any atom is -0.497 e. The summed E-state index contributed by atoms with van der Waals surface area (Å²) in [5.74, 6) is -0.775. The number of methoxy groups -OCH3 is 1. The van der Waals surface area contributed by atoms with Crippen LogP contribution in [0.4, 0.5) is 10.5 Å². The van der Waals surface area contributed by atoms with Crippen molar-refractivity contribution in [3.63, 3.8) is 0 Å². The first kappa shape index (κ1) is 20.8. The van der Waals surface area contributed by atoms with Crippen LogP contribution in [0.3, 0.4) is 0 Å². The molecule has 2 aromatic carbocycles. The predicted octanol–water partition coefficient (Wildman–Crippen LogP) is 1.93. The number of nitrogens with one attached hydrogen (secondary N) is 2. The van der Waals surface area contributed by atoms with E-state index in [0.717, 1.165) is 4.90 Å². The van der Waals surface area contributed by atoms with Gasteiger partial charge in [-0.2, -0.15) is 0 Å². The second-order valence-corrected chi connectivity index (χ2v) is 6.60. The highest BCUT2D eigenvalue weighted by molar-refractivity contribution is 6.02. The van der Waals surface area contributed by atoms with Gasteiger partial charge in [-0.25, -0.2) is 9.59 Å². The van der Waals surface area contributed by atoms with Gasteiger partial charge < -0.3 is 20.1 Å². The lowest BCUT2D eigenvalue weighted by Gasteiger charge is -2.15. The molecule has 2 N–H and O–H groups in total. The monoisotopic (exact) mass is 411 g/mol. The van der Waals surface area contributed by atoms with Crippen molar-refractivity contribution in [3.8, 4) is 5.75 Å². The summed E-state index contributed by atoms with van der Waals surface area (Å²) in [5, 5.41) is 5.10. The quantitative estimate of drug-likeness (QED) is 0.532. The van der Waals surface area contributed by atoms with Crippen molar-refractivity contribution in [3.05, 3.63) is 59.7 Å². The molecule has 2 aromatic rings. The van der Waals surface area contributed by atoms with Crippen LogP contribution in [0.5, 0.6) is 5.75 Å². The SMILES string of the molecule is COc1ccc(NC(=O)[C@H](C)OC(=O)c2ccc(CN3C(=O)CNC3=O)cc2)cc1. The molecule has 0 bridgehead atoms. The molecule has 3 rings (SSSR count). The van der Waals surface area contributed by atoms with Gasteiger partial charge in [-0.3, -0.25) is 14.5 Å². The molecule has 1 aliphatic heterocycles. The molecule has 9 nitrogen and oxygen atoms in total. The third-order valence-electron chi connectivity index (χ3n) is 4.48. The van der Waals surface area contributed by atoms with Crippen molar-refractivity contribution < 1.29 is 28.7 Å². The average molecular weight is 411 g/mol. The third-order valence-corrected chi connectivity index (χ3v) is 4.48. The molecule has 1 heterocycles. The number of amides is 4. The summed E-state index contributed by atoms with van der Waals surface area (Å²) in [7, 11) is 1.55. The number of esters is 1. The Morgan fingerprint density at radius 3 is 2.33 bits per heavy atom. The maximum atomic E-state index is 12.3. The largest absolute Gasteiger partial charge is 0.497 e. The standard InChI is InChI=1S/C21H21N3O6/c1-13(19(26)23-16-7-9-17(29-2)10-8-16)30-20(27)15-5-3-14(4-6-15)12-24-18(25)11-22-21(24)28/h3-10,13H,11-12H2,1-2H3,(H,22,28)(H,23,26)/t13-/m0/s1. The van der Waals surface area contributed by atoms with E-state index in [9.17, 15) is 19.2 Å². The number of ether oxygens (including phenoxy) is 2. The van der Waals surface area contributed by atoms with Gasteiger partial charge in [0.25, 0.3) is 5.91 Å². The van der Waals surface area contributed by atoms with E-state index in [-0.39, 0.29) is 24.6 Å². The zero-order valence-corrected chi connectivity index (χ0v) is 16.5. The van der Waals surface area contributed by atoms with Crippen molar-refractivity contribution >= 4 is 29.5 Å². The summed E-state index contributed by atoms with van der Waals surface area (Å²) in [6.07, 6.45) is -1.01. The Morgan fingerprint density at radius 2 is 1.77 bits per heavy atom. The van der Waals surface area contributed by atoms with Crippen molar-refractivity contribution in [1.82, 2.24) is 10.2 Å². The van der Waals surface area contributed by atoms with Gasteiger partial charge in [0, 0.05) is 5.69 Å². The fraction of sp³-hybridized carbons (Fsp3) is 0.238. The van der Waals surface area contributed by atoms with Crippen LogP contribution in [0.2, 0.25) is 0 Å². The number of hydrogen-bond acceptors (Lipinski definition) is 6. The van der Waals surface area contributed by atoms with Gasteiger partial charge in [0.1, 0.15) is 5.75 Å². The number of hydrogen-bond donors (Lipinski definition) is 2. The van der Waals surface area contributed by atoms with E-state index in [2.05, 4.69) is 10.6 Å². The summed E-state index contributed by atoms with van der Waals surface area (Å²) in [5.41, 5.74) is 1.48. The number of carbonyl (C=O) groups excluding carboxylic acids is 4. The number of imide groups is 1. The van der Waals surface area contributed by atoms with Gasteiger partial charge in [0.05, 0.1) is 25.8 Å². The van der Waals surface area contributed by atoms with E-state index in [1.807, 2.05) is 0 Å². The normalized spacial score (nSPS) is 14.1. The first-order valence-electron chi connectivity index (χ1n) is 9.20. The molecule has 0 aromatic heterocycles. The fourth-order valence-corrected chi connectivity index (χ4v) is 2.74. The Labute approximate surface area is 172 Å². The maximum absolute atomic E-state index is 12.3. The topological polar surface area (TPSA) is 114 Å².